The van der Waals surface area contributed by atoms with Crippen molar-refractivity contribution in [2.45, 2.75) is 19.9 Å². The first-order valence-corrected chi connectivity index (χ1v) is 9.41. The summed E-state index contributed by atoms with van der Waals surface area (Å²) in [5.41, 5.74) is -0.222. The van der Waals surface area contributed by atoms with Crippen molar-refractivity contribution in [1.82, 2.24) is 13.9 Å². The number of nitrogens with one attached hydrogen (secondary N) is 1. The van der Waals surface area contributed by atoms with Gasteiger partial charge >= 0.3 is 0 Å². The van der Waals surface area contributed by atoms with Gasteiger partial charge in [-0.05, 0) is 24.0 Å². The van der Waals surface area contributed by atoms with Gasteiger partial charge in [0, 0.05) is 39.3 Å². The summed E-state index contributed by atoms with van der Waals surface area (Å²) in [5, 5.41) is 0. The van der Waals surface area contributed by atoms with Crippen LogP contribution in [0.25, 0.3) is 0 Å². The molecule has 1 heterocycles. The van der Waals surface area contributed by atoms with E-state index in [1.54, 1.807) is 0 Å². The van der Waals surface area contributed by atoms with Crippen LogP contribution < -0.4 is 4.72 Å². The number of carbonyl (C=O) groups is 1. The number of rotatable bonds is 5. The molecule has 1 amide bonds. The third-order valence-corrected chi connectivity index (χ3v) is 6.01. The number of benzene rings is 1. The third kappa shape index (κ3) is 4.34. The molecule has 2 rings (SSSR count). The van der Waals surface area contributed by atoms with Gasteiger partial charge in [0.25, 0.3) is 16.1 Å². The molecule has 1 N–H and O–H groups in total. The molecule has 0 aliphatic carbocycles. The highest BCUT2D eigenvalue weighted by Crippen LogP contribution is 2.27. The Kier molecular flexibility index (Phi) is 5.80. The average Bonchev–Trinajstić information content (AvgIpc) is 2.89. The van der Waals surface area contributed by atoms with Gasteiger partial charge in [0.05, 0.1) is 5.56 Å². The predicted molar refractivity (Wildman–Crippen MR) is 90.1 cm³/mol. The van der Waals surface area contributed by atoms with E-state index in [9.17, 15) is 22.0 Å². The van der Waals surface area contributed by atoms with Gasteiger partial charge in [-0.2, -0.15) is 17.4 Å². The molecule has 1 aliphatic heterocycles. The van der Waals surface area contributed by atoms with Crippen molar-refractivity contribution in [2.24, 2.45) is 11.8 Å². The molecule has 1 fully saturated rings. The van der Waals surface area contributed by atoms with E-state index in [1.807, 2.05) is 13.8 Å². The minimum Gasteiger partial charge on any atom is -0.337 e. The molecule has 9 heteroatoms. The van der Waals surface area contributed by atoms with Crippen LogP contribution in [0.5, 0.6) is 0 Å². The summed E-state index contributed by atoms with van der Waals surface area (Å²) in [5.74, 6) is -2.25. The van der Waals surface area contributed by atoms with E-state index < -0.39 is 33.8 Å². The Morgan fingerprint density at radius 1 is 1.28 bits per heavy atom. The Hall–Kier alpha value is -1.58. The van der Waals surface area contributed by atoms with Crippen LogP contribution in [0.1, 0.15) is 24.2 Å². The third-order valence-electron chi connectivity index (χ3n) is 4.45. The number of likely N-dealkylation sites (tertiary alicyclic amines) is 1. The van der Waals surface area contributed by atoms with E-state index in [-0.39, 0.29) is 23.9 Å². The van der Waals surface area contributed by atoms with Crippen LogP contribution in [-0.4, -0.2) is 56.8 Å². The smallest absolute Gasteiger partial charge is 0.279 e. The van der Waals surface area contributed by atoms with Crippen molar-refractivity contribution in [2.75, 3.05) is 27.2 Å². The first-order chi connectivity index (χ1) is 11.5. The Bertz CT molecular complexity index is 753. The lowest BCUT2D eigenvalue weighted by Gasteiger charge is -2.24. The summed E-state index contributed by atoms with van der Waals surface area (Å²) in [6.45, 7) is 4.31. The summed E-state index contributed by atoms with van der Waals surface area (Å²) in [6.07, 6.45) is 0. The second kappa shape index (κ2) is 7.35. The van der Waals surface area contributed by atoms with Crippen LogP contribution in [-0.2, 0) is 10.2 Å². The maximum Gasteiger partial charge on any atom is 0.279 e. The van der Waals surface area contributed by atoms with Crippen molar-refractivity contribution in [1.29, 1.82) is 0 Å². The van der Waals surface area contributed by atoms with Crippen LogP contribution >= 0.6 is 0 Å². The van der Waals surface area contributed by atoms with Crippen LogP contribution in [0.4, 0.5) is 8.78 Å². The van der Waals surface area contributed by atoms with Crippen LogP contribution in [0, 0.1) is 23.5 Å². The Labute approximate surface area is 147 Å². The van der Waals surface area contributed by atoms with Gasteiger partial charge in [0.1, 0.15) is 11.6 Å². The van der Waals surface area contributed by atoms with E-state index in [0.29, 0.717) is 12.6 Å². The lowest BCUT2D eigenvalue weighted by atomic mass is 9.92. The number of carbonyl (C=O) groups excluding carboxylic acids is 1. The molecule has 0 saturated carbocycles. The molecule has 1 aromatic carbocycles. The highest BCUT2D eigenvalue weighted by Gasteiger charge is 2.40. The molecule has 0 aromatic heterocycles. The van der Waals surface area contributed by atoms with Crippen LogP contribution in [0.15, 0.2) is 18.2 Å². The van der Waals surface area contributed by atoms with Gasteiger partial charge in [0.15, 0.2) is 0 Å². The minimum atomic E-state index is -3.65. The first-order valence-electron chi connectivity index (χ1n) is 7.97. The number of hydrogen-bond acceptors (Lipinski definition) is 3. The second-order valence-electron chi connectivity index (χ2n) is 6.75. The van der Waals surface area contributed by atoms with Gasteiger partial charge in [-0.25, -0.2) is 8.78 Å². The Morgan fingerprint density at radius 2 is 1.92 bits per heavy atom. The van der Waals surface area contributed by atoms with Crippen molar-refractivity contribution in [3.63, 3.8) is 0 Å². The monoisotopic (exact) mass is 375 g/mol. The molecule has 0 bridgehead atoms. The van der Waals surface area contributed by atoms with Gasteiger partial charge in [-0.15, -0.1) is 0 Å². The Morgan fingerprint density at radius 3 is 2.44 bits per heavy atom. The normalized spacial score (nSPS) is 21.4. The Balaban J connectivity index is 2.22. The molecule has 6 nitrogen and oxygen atoms in total. The molecule has 1 aliphatic rings. The lowest BCUT2D eigenvalue weighted by Crippen LogP contribution is -2.46. The van der Waals surface area contributed by atoms with Crippen molar-refractivity contribution in [3.05, 3.63) is 35.4 Å². The lowest BCUT2D eigenvalue weighted by molar-refractivity contribution is 0.0778. The molecular formula is C16H23F2N3O3S. The first kappa shape index (κ1) is 19.7. The number of hydrogen-bond donors (Lipinski definition) is 1. The van der Waals surface area contributed by atoms with Crippen LogP contribution in [0.3, 0.4) is 0 Å². The fourth-order valence-electron chi connectivity index (χ4n) is 2.92. The number of nitrogens with zero attached hydrogens (tertiary/aromatic N) is 2. The molecule has 2 atom stereocenters. The van der Waals surface area contributed by atoms with E-state index >= 15 is 0 Å². The van der Waals surface area contributed by atoms with Crippen molar-refractivity contribution >= 4 is 16.1 Å². The van der Waals surface area contributed by atoms with Gasteiger partial charge in [-0.3, -0.25) is 4.79 Å². The van der Waals surface area contributed by atoms with Crippen molar-refractivity contribution < 1.29 is 22.0 Å². The van der Waals surface area contributed by atoms with Crippen molar-refractivity contribution in [3.8, 4) is 0 Å². The average molecular weight is 375 g/mol. The van der Waals surface area contributed by atoms with Gasteiger partial charge in [-0.1, -0.05) is 13.8 Å². The molecule has 140 valence electrons. The quantitative estimate of drug-likeness (QED) is 0.847. The highest BCUT2D eigenvalue weighted by molar-refractivity contribution is 7.87. The van der Waals surface area contributed by atoms with Gasteiger partial charge in [0.2, 0.25) is 0 Å². The van der Waals surface area contributed by atoms with E-state index in [4.69, 9.17) is 0 Å². The summed E-state index contributed by atoms with van der Waals surface area (Å²) in [6, 6.07) is 2.32. The summed E-state index contributed by atoms with van der Waals surface area (Å²) in [7, 11) is -0.824. The standard InChI is InChI=1S/C16H23F2N3O3S/c1-10(2)13-8-21(9-15(13)19-25(23,24)20(3)4)16(22)12-6-5-11(17)7-14(12)18/h5-7,10,13,15,19H,8-9H2,1-4H3/t13-,15+/m0/s1. The van der Waals surface area contributed by atoms with E-state index in [1.165, 1.54) is 19.0 Å². The fraction of sp³-hybridized carbons (Fsp3) is 0.562. The van der Waals surface area contributed by atoms with E-state index in [2.05, 4.69) is 4.72 Å². The fourth-order valence-corrected chi connectivity index (χ4v) is 3.77. The maximum atomic E-state index is 13.9. The molecule has 0 spiro atoms. The van der Waals surface area contributed by atoms with Crippen LogP contribution in [0.2, 0.25) is 0 Å². The summed E-state index contributed by atoms with van der Waals surface area (Å²) < 4.78 is 54.8. The highest BCUT2D eigenvalue weighted by atomic mass is 32.2. The molecule has 0 unspecified atom stereocenters. The molecule has 1 saturated heterocycles. The SMILES string of the molecule is CC(C)[C@@H]1CN(C(=O)c2ccc(F)cc2F)C[C@H]1NS(=O)(=O)N(C)C. The van der Waals surface area contributed by atoms with E-state index in [0.717, 1.165) is 16.4 Å². The zero-order valence-electron chi connectivity index (χ0n) is 14.7. The number of halogens is 2. The summed E-state index contributed by atoms with van der Waals surface area (Å²) in [4.78, 5) is 14.0. The maximum absolute atomic E-state index is 13.9. The molecule has 1 aromatic rings. The summed E-state index contributed by atoms with van der Waals surface area (Å²) >= 11 is 0. The minimum absolute atomic E-state index is 0.109. The zero-order valence-corrected chi connectivity index (χ0v) is 15.5. The zero-order chi connectivity index (χ0) is 18.9. The molecule has 0 radical (unpaired) electrons. The number of amides is 1. The largest absolute Gasteiger partial charge is 0.337 e. The second-order valence-corrected chi connectivity index (χ2v) is 8.67. The topological polar surface area (TPSA) is 69.7 Å². The van der Waals surface area contributed by atoms with Gasteiger partial charge < -0.3 is 4.90 Å². The molecular weight excluding hydrogens is 352 g/mol. The molecule has 25 heavy (non-hydrogen) atoms. The predicted octanol–water partition coefficient (Wildman–Crippen LogP) is 1.46.